The summed E-state index contributed by atoms with van der Waals surface area (Å²) in [5, 5.41) is 19.6. The molecule has 0 saturated heterocycles. The van der Waals surface area contributed by atoms with E-state index in [1.165, 1.54) is 6.08 Å². The number of phenolic OH excluding ortho intramolecular Hbond substituents is 1. The fraction of sp³-hybridized carbons (Fsp3) is 0.0526. The Morgan fingerprint density at radius 2 is 1.96 bits per heavy atom. The fourth-order valence-corrected chi connectivity index (χ4v) is 2.39. The Bertz CT molecular complexity index is 957. The average Bonchev–Trinajstić information content (AvgIpc) is 2.95. The highest BCUT2D eigenvalue weighted by molar-refractivity contribution is 6.11. The van der Waals surface area contributed by atoms with Gasteiger partial charge in [-0.25, -0.2) is 0 Å². The normalized spacial score (nSPS) is 11.0. The second-order valence-electron chi connectivity index (χ2n) is 5.18. The molecule has 0 atom stereocenters. The highest BCUT2D eigenvalue weighted by Gasteiger charge is 2.15. The van der Waals surface area contributed by atoms with E-state index in [4.69, 9.17) is 9.68 Å². The van der Waals surface area contributed by atoms with Crippen molar-refractivity contribution >= 4 is 22.8 Å². The number of allylic oxidation sites excluding steroid dienone is 1. The maximum absolute atomic E-state index is 12.3. The topological polar surface area (TPSA) is 74.2 Å². The molecule has 0 fully saturated rings. The number of carbonyl (C=O) groups excluding carboxylic acids is 1. The van der Waals surface area contributed by atoms with Crippen LogP contribution in [0.15, 0.2) is 53.2 Å². The second-order valence-corrected chi connectivity index (χ2v) is 5.18. The number of fused-ring (bicyclic) bond motifs is 1. The van der Waals surface area contributed by atoms with Crippen LogP contribution in [0.2, 0.25) is 0 Å². The summed E-state index contributed by atoms with van der Waals surface area (Å²) >= 11 is 0. The molecular weight excluding hydrogens is 290 g/mol. The van der Waals surface area contributed by atoms with Gasteiger partial charge in [0.1, 0.15) is 11.3 Å². The van der Waals surface area contributed by atoms with E-state index < -0.39 is 0 Å². The number of hydrogen-bond acceptors (Lipinski definition) is 4. The number of ketones is 1. The lowest BCUT2D eigenvalue weighted by Gasteiger charge is -2.02. The van der Waals surface area contributed by atoms with Crippen molar-refractivity contribution in [1.29, 1.82) is 5.26 Å². The van der Waals surface area contributed by atoms with Crippen LogP contribution in [0.25, 0.3) is 17.0 Å². The standard InChI is InChI=1S/C19H13NO3/c1-12-11-23-17-9-7-15(19(22)18(12)17)16(21)8-6-13-2-4-14(10-20)5-3-13/h2-9,11,22H,1H3/b8-6+. The molecule has 1 heterocycles. The number of phenols is 1. The first-order chi connectivity index (χ1) is 11.1. The molecule has 3 aromatic rings. The largest absolute Gasteiger partial charge is 0.506 e. The second kappa shape index (κ2) is 5.82. The van der Waals surface area contributed by atoms with Crippen molar-refractivity contribution in [3.8, 4) is 11.8 Å². The van der Waals surface area contributed by atoms with Crippen LogP contribution in [0.5, 0.6) is 5.75 Å². The number of nitrogens with zero attached hydrogens (tertiary/aromatic N) is 1. The summed E-state index contributed by atoms with van der Waals surface area (Å²) in [6, 6.07) is 12.1. The Labute approximate surface area is 132 Å². The minimum Gasteiger partial charge on any atom is -0.506 e. The van der Waals surface area contributed by atoms with Gasteiger partial charge in [0.2, 0.25) is 0 Å². The maximum Gasteiger partial charge on any atom is 0.189 e. The molecule has 0 unspecified atom stereocenters. The van der Waals surface area contributed by atoms with E-state index in [1.807, 2.05) is 13.0 Å². The van der Waals surface area contributed by atoms with E-state index >= 15 is 0 Å². The van der Waals surface area contributed by atoms with Crippen molar-refractivity contribution in [3.05, 3.63) is 71.0 Å². The fourth-order valence-electron chi connectivity index (χ4n) is 2.39. The third-order valence-electron chi connectivity index (χ3n) is 3.63. The van der Waals surface area contributed by atoms with Gasteiger partial charge < -0.3 is 9.52 Å². The SMILES string of the molecule is Cc1coc2ccc(C(=O)/C=C/c3ccc(C#N)cc3)c(O)c12. The molecule has 0 aliphatic carbocycles. The number of nitriles is 1. The summed E-state index contributed by atoms with van der Waals surface area (Å²) < 4.78 is 5.30. The van der Waals surface area contributed by atoms with Crippen LogP contribution >= 0.6 is 0 Å². The molecule has 4 heteroatoms. The zero-order chi connectivity index (χ0) is 16.4. The number of furan rings is 1. The van der Waals surface area contributed by atoms with Crippen LogP contribution in [0.1, 0.15) is 27.0 Å². The molecular formula is C19H13NO3. The summed E-state index contributed by atoms with van der Waals surface area (Å²) in [5.74, 6) is -0.363. The average molecular weight is 303 g/mol. The van der Waals surface area contributed by atoms with E-state index in [0.717, 1.165) is 11.1 Å². The highest BCUT2D eigenvalue weighted by Crippen LogP contribution is 2.33. The summed E-state index contributed by atoms with van der Waals surface area (Å²) in [7, 11) is 0. The highest BCUT2D eigenvalue weighted by atomic mass is 16.3. The van der Waals surface area contributed by atoms with E-state index in [9.17, 15) is 9.90 Å². The van der Waals surface area contributed by atoms with Gasteiger partial charge in [-0.05, 0) is 48.4 Å². The van der Waals surface area contributed by atoms with Crippen LogP contribution < -0.4 is 0 Å². The first-order valence-electron chi connectivity index (χ1n) is 7.02. The van der Waals surface area contributed by atoms with Gasteiger partial charge in [0.25, 0.3) is 0 Å². The minimum absolute atomic E-state index is 0.0665. The van der Waals surface area contributed by atoms with Crippen LogP contribution in [0.4, 0.5) is 0 Å². The maximum atomic E-state index is 12.3. The predicted octanol–water partition coefficient (Wildman–Crippen LogP) is 4.21. The summed E-state index contributed by atoms with van der Waals surface area (Å²) in [6.45, 7) is 1.81. The summed E-state index contributed by atoms with van der Waals surface area (Å²) in [5.41, 5.74) is 2.92. The number of hydrogen-bond donors (Lipinski definition) is 1. The van der Waals surface area contributed by atoms with Gasteiger partial charge >= 0.3 is 0 Å². The first-order valence-corrected chi connectivity index (χ1v) is 7.02. The Balaban J connectivity index is 1.91. The number of aromatic hydroxyl groups is 1. The van der Waals surface area contributed by atoms with Crippen LogP contribution in [0, 0.1) is 18.3 Å². The van der Waals surface area contributed by atoms with Crippen molar-refractivity contribution in [1.82, 2.24) is 0 Å². The lowest BCUT2D eigenvalue weighted by molar-refractivity contribution is 0.104. The number of rotatable bonds is 3. The Hall–Kier alpha value is -3.32. The van der Waals surface area contributed by atoms with Gasteiger partial charge in [-0.2, -0.15) is 5.26 Å². The van der Waals surface area contributed by atoms with Crippen LogP contribution in [0.3, 0.4) is 0 Å². The lowest BCUT2D eigenvalue weighted by Crippen LogP contribution is -1.95. The van der Waals surface area contributed by atoms with Crippen LogP contribution in [-0.4, -0.2) is 10.9 Å². The molecule has 3 rings (SSSR count). The molecule has 0 aliphatic rings. The van der Waals surface area contributed by atoms with Crippen molar-refractivity contribution in [2.45, 2.75) is 6.92 Å². The smallest absolute Gasteiger partial charge is 0.189 e. The third-order valence-corrected chi connectivity index (χ3v) is 3.63. The van der Waals surface area contributed by atoms with Crippen molar-refractivity contribution in [3.63, 3.8) is 0 Å². The Morgan fingerprint density at radius 3 is 2.65 bits per heavy atom. The van der Waals surface area contributed by atoms with E-state index in [-0.39, 0.29) is 17.1 Å². The van der Waals surface area contributed by atoms with Gasteiger partial charge in [0.05, 0.1) is 28.8 Å². The molecule has 1 aromatic heterocycles. The molecule has 4 nitrogen and oxygen atoms in total. The molecule has 0 bridgehead atoms. The van der Waals surface area contributed by atoms with Crippen LogP contribution in [-0.2, 0) is 0 Å². The van der Waals surface area contributed by atoms with Gasteiger partial charge in [0.15, 0.2) is 5.78 Å². The van der Waals surface area contributed by atoms with E-state index in [0.29, 0.717) is 16.5 Å². The molecule has 0 spiro atoms. The Kier molecular flexibility index (Phi) is 3.70. The summed E-state index contributed by atoms with van der Waals surface area (Å²) in [6.07, 6.45) is 4.60. The van der Waals surface area contributed by atoms with Crippen molar-refractivity contribution in [2.75, 3.05) is 0 Å². The molecule has 0 aliphatic heterocycles. The molecule has 0 saturated carbocycles. The summed E-state index contributed by atoms with van der Waals surface area (Å²) in [4.78, 5) is 12.3. The molecule has 112 valence electrons. The van der Waals surface area contributed by atoms with Crippen molar-refractivity contribution < 1.29 is 14.3 Å². The van der Waals surface area contributed by atoms with E-state index in [2.05, 4.69) is 0 Å². The van der Waals surface area contributed by atoms with Gasteiger partial charge in [-0.15, -0.1) is 0 Å². The number of aryl methyl sites for hydroxylation is 1. The zero-order valence-electron chi connectivity index (χ0n) is 12.4. The zero-order valence-corrected chi connectivity index (χ0v) is 12.4. The first kappa shape index (κ1) is 14.6. The monoisotopic (exact) mass is 303 g/mol. The molecule has 23 heavy (non-hydrogen) atoms. The molecule has 0 amide bonds. The molecule has 0 radical (unpaired) electrons. The van der Waals surface area contributed by atoms with Gasteiger partial charge in [-0.3, -0.25) is 4.79 Å². The van der Waals surface area contributed by atoms with Crippen molar-refractivity contribution in [2.24, 2.45) is 0 Å². The minimum atomic E-state index is -0.297. The predicted molar refractivity (Wildman–Crippen MR) is 87.1 cm³/mol. The Morgan fingerprint density at radius 1 is 1.22 bits per heavy atom. The van der Waals surface area contributed by atoms with E-state index in [1.54, 1.807) is 48.7 Å². The quantitative estimate of drug-likeness (QED) is 0.581. The molecule has 2 aromatic carbocycles. The number of benzene rings is 2. The third kappa shape index (κ3) is 2.72. The lowest BCUT2D eigenvalue weighted by atomic mass is 10.0. The van der Waals surface area contributed by atoms with Gasteiger partial charge in [-0.1, -0.05) is 18.2 Å². The molecule has 1 N–H and O–H groups in total. The number of carbonyl (C=O) groups is 1. The van der Waals surface area contributed by atoms with Gasteiger partial charge in [0, 0.05) is 0 Å².